The van der Waals surface area contributed by atoms with Crippen molar-refractivity contribution in [2.45, 2.75) is 31.7 Å². The maximum atomic E-state index is 12.7. The van der Waals surface area contributed by atoms with Crippen molar-refractivity contribution in [1.29, 1.82) is 0 Å². The van der Waals surface area contributed by atoms with Gasteiger partial charge in [-0.2, -0.15) is 0 Å². The molecule has 1 aliphatic rings. The highest BCUT2D eigenvalue weighted by molar-refractivity contribution is 5.78. The number of benzene rings is 1. The molecule has 0 aliphatic carbocycles. The van der Waals surface area contributed by atoms with Gasteiger partial charge in [0.15, 0.2) is 0 Å². The van der Waals surface area contributed by atoms with Gasteiger partial charge in [-0.1, -0.05) is 12.1 Å². The van der Waals surface area contributed by atoms with E-state index in [1.807, 2.05) is 0 Å². The van der Waals surface area contributed by atoms with E-state index < -0.39 is 0 Å². The molecule has 2 N–H and O–H groups in total. The highest BCUT2D eigenvalue weighted by Gasteiger charge is 2.13. The van der Waals surface area contributed by atoms with Crippen LogP contribution < -0.4 is 10.6 Å². The van der Waals surface area contributed by atoms with Crippen LogP contribution in [0.2, 0.25) is 0 Å². The molecule has 0 saturated carbocycles. The normalized spacial score (nSPS) is 18.8. The lowest BCUT2D eigenvalue weighted by atomic mass is 10.1. The Balaban J connectivity index is 1.66. The third kappa shape index (κ3) is 4.11. The Morgan fingerprint density at radius 3 is 2.83 bits per heavy atom. The molecular weight excluding hydrogens is 231 g/mol. The first-order valence-electron chi connectivity index (χ1n) is 6.48. The van der Waals surface area contributed by atoms with Crippen molar-refractivity contribution < 1.29 is 9.18 Å². The van der Waals surface area contributed by atoms with Gasteiger partial charge in [-0.3, -0.25) is 4.79 Å². The van der Waals surface area contributed by atoms with Gasteiger partial charge in [0, 0.05) is 12.6 Å². The fraction of sp³-hybridized carbons (Fsp3) is 0.500. The highest BCUT2D eigenvalue weighted by Crippen LogP contribution is 2.07. The zero-order chi connectivity index (χ0) is 12.8. The molecule has 1 atom stereocenters. The minimum absolute atomic E-state index is 0.000366. The number of amides is 1. The van der Waals surface area contributed by atoms with Crippen LogP contribution >= 0.6 is 0 Å². The van der Waals surface area contributed by atoms with Gasteiger partial charge >= 0.3 is 0 Å². The Morgan fingerprint density at radius 1 is 1.39 bits per heavy atom. The molecule has 1 aromatic rings. The molecule has 0 radical (unpaired) electrons. The number of nitrogens with one attached hydrogen (secondary N) is 2. The molecule has 1 aliphatic heterocycles. The van der Waals surface area contributed by atoms with Crippen molar-refractivity contribution in [3.8, 4) is 0 Å². The fourth-order valence-corrected chi connectivity index (χ4v) is 2.24. The summed E-state index contributed by atoms with van der Waals surface area (Å²) in [5, 5.41) is 6.29. The molecule has 1 heterocycles. The van der Waals surface area contributed by atoms with Crippen molar-refractivity contribution in [3.63, 3.8) is 0 Å². The van der Waals surface area contributed by atoms with Crippen molar-refractivity contribution >= 4 is 5.91 Å². The van der Waals surface area contributed by atoms with Crippen molar-refractivity contribution in [1.82, 2.24) is 10.6 Å². The number of rotatable bonds is 5. The number of halogens is 1. The van der Waals surface area contributed by atoms with Gasteiger partial charge in [0.1, 0.15) is 5.82 Å². The lowest BCUT2D eigenvalue weighted by Gasteiger charge is -2.10. The molecule has 4 heteroatoms. The second-order valence-corrected chi connectivity index (χ2v) is 4.74. The molecule has 1 saturated heterocycles. The van der Waals surface area contributed by atoms with Gasteiger partial charge < -0.3 is 10.6 Å². The summed E-state index contributed by atoms with van der Waals surface area (Å²) in [5.41, 5.74) is 0.841. The topological polar surface area (TPSA) is 41.1 Å². The van der Waals surface area contributed by atoms with E-state index in [0.29, 0.717) is 19.0 Å². The molecule has 1 aromatic carbocycles. The van der Waals surface area contributed by atoms with Crippen LogP contribution in [0, 0.1) is 5.82 Å². The fourth-order valence-electron chi connectivity index (χ4n) is 2.24. The third-order valence-corrected chi connectivity index (χ3v) is 3.26. The van der Waals surface area contributed by atoms with E-state index in [1.54, 1.807) is 12.1 Å². The summed E-state index contributed by atoms with van der Waals surface area (Å²) in [5.74, 6) is -0.272. The molecule has 0 aromatic heterocycles. The summed E-state index contributed by atoms with van der Waals surface area (Å²) in [6, 6.07) is 6.60. The quantitative estimate of drug-likeness (QED) is 0.834. The average molecular weight is 250 g/mol. The second-order valence-electron chi connectivity index (χ2n) is 4.74. The van der Waals surface area contributed by atoms with Crippen molar-refractivity contribution in [3.05, 3.63) is 35.6 Å². The van der Waals surface area contributed by atoms with Crippen LogP contribution in [0.1, 0.15) is 24.8 Å². The molecule has 3 nitrogen and oxygen atoms in total. The number of carbonyl (C=O) groups excluding carboxylic acids is 1. The van der Waals surface area contributed by atoms with Gasteiger partial charge in [-0.05, 0) is 43.5 Å². The summed E-state index contributed by atoms with van der Waals surface area (Å²) >= 11 is 0. The molecule has 98 valence electrons. The van der Waals surface area contributed by atoms with E-state index in [4.69, 9.17) is 0 Å². The number of carbonyl (C=O) groups is 1. The van der Waals surface area contributed by atoms with Gasteiger partial charge in [-0.25, -0.2) is 4.39 Å². The van der Waals surface area contributed by atoms with Gasteiger partial charge in [0.05, 0.1) is 6.42 Å². The largest absolute Gasteiger partial charge is 0.356 e. The van der Waals surface area contributed by atoms with Gasteiger partial charge in [-0.15, -0.1) is 0 Å². The van der Waals surface area contributed by atoms with Gasteiger partial charge in [0.25, 0.3) is 0 Å². The van der Waals surface area contributed by atoms with Crippen LogP contribution in [0.3, 0.4) is 0 Å². The van der Waals surface area contributed by atoms with Crippen LogP contribution in [0.25, 0.3) is 0 Å². The first kappa shape index (κ1) is 13.0. The Bertz CT molecular complexity index is 385. The van der Waals surface area contributed by atoms with E-state index in [2.05, 4.69) is 10.6 Å². The molecule has 18 heavy (non-hydrogen) atoms. The Morgan fingerprint density at radius 2 is 2.17 bits per heavy atom. The van der Waals surface area contributed by atoms with Crippen LogP contribution in [0.15, 0.2) is 24.3 Å². The van der Waals surface area contributed by atoms with E-state index in [-0.39, 0.29) is 11.7 Å². The maximum Gasteiger partial charge on any atom is 0.224 e. The number of hydrogen-bond acceptors (Lipinski definition) is 2. The van der Waals surface area contributed by atoms with Crippen LogP contribution in [0.5, 0.6) is 0 Å². The predicted molar refractivity (Wildman–Crippen MR) is 68.8 cm³/mol. The van der Waals surface area contributed by atoms with E-state index >= 15 is 0 Å². The molecular formula is C14H19FN2O. The molecule has 2 rings (SSSR count). The summed E-state index contributed by atoms with van der Waals surface area (Å²) in [7, 11) is 0. The lowest BCUT2D eigenvalue weighted by molar-refractivity contribution is -0.120. The van der Waals surface area contributed by atoms with Crippen LogP contribution in [0.4, 0.5) is 4.39 Å². The average Bonchev–Trinajstić information content (AvgIpc) is 2.85. The Hall–Kier alpha value is -1.42. The summed E-state index contributed by atoms with van der Waals surface area (Å²) in [6.45, 7) is 1.80. The van der Waals surface area contributed by atoms with E-state index in [0.717, 1.165) is 18.5 Å². The zero-order valence-corrected chi connectivity index (χ0v) is 10.4. The van der Waals surface area contributed by atoms with Crippen LogP contribution in [-0.2, 0) is 11.2 Å². The van der Waals surface area contributed by atoms with Gasteiger partial charge in [0.2, 0.25) is 5.91 Å². The smallest absolute Gasteiger partial charge is 0.224 e. The van der Waals surface area contributed by atoms with Crippen LogP contribution in [-0.4, -0.2) is 25.0 Å². The minimum Gasteiger partial charge on any atom is -0.356 e. The molecule has 0 spiro atoms. The standard InChI is InChI=1S/C14H19FN2O/c15-12-5-3-11(4-6-12)10-14(18)17-9-7-13-2-1-8-16-13/h3-6,13,16H,1-2,7-10H2,(H,17,18). The van der Waals surface area contributed by atoms with E-state index in [9.17, 15) is 9.18 Å². The minimum atomic E-state index is -0.272. The van der Waals surface area contributed by atoms with Crippen molar-refractivity contribution in [2.24, 2.45) is 0 Å². The van der Waals surface area contributed by atoms with Crippen molar-refractivity contribution in [2.75, 3.05) is 13.1 Å². The summed E-state index contributed by atoms with van der Waals surface area (Å²) in [4.78, 5) is 11.6. The molecule has 1 unspecified atom stereocenters. The molecule has 1 amide bonds. The first-order valence-corrected chi connectivity index (χ1v) is 6.48. The Kier molecular flexibility index (Phi) is 4.70. The summed E-state index contributed by atoms with van der Waals surface area (Å²) < 4.78 is 12.7. The maximum absolute atomic E-state index is 12.7. The molecule has 0 bridgehead atoms. The third-order valence-electron chi connectivity index (χ3n) is 3.26. The SMILES string of the molecule is O=C(Cc1ccc(F)cc1)NCCC1CCCN1. The monoisotopic (exact) mass is 250 g/mol. The first-order chi connectivity index (χ1) is 8.74. The van der Waals surface area contributed by atoms with E-state index in [1.165, 1.54) is 25.0 Å². The summed E-state index contributed by atoms with van der Waals surface area (Å²) in [6.07, 6.45) is 3.73. The lowest BCUT2D eigenvalue weighted by Crippen LogP contribution is -2.31. The molecule has 1 fully saturated rings. The Labute approximate surface area is 107 Å². The number of hydrogen-bond donors (Lipinski definition) is 2. The zero-order valence-electron chi connectivity index (χ0n) is 10.4. The highest BCUT2D eigenvalue weighted by atomic mass is 19.1. The predicted octanol–water partition coefficient (Wildman–Crippen LogP) is 1.63. The second kappa shape index (κ2) is 6.50.